The smallest absolute Gasteiger partial charge is 0.0143 e. The van der Waals surface area contributed by atoms with Crippen molar-refractivity contribution in [1.29, 1.82) is 0 Å². The molecule has 18 heavy (non-hydrogen) atoms. The largest absolute Gasteiger partial charge is 0.388 e. The highest BCUT2D eigenvalue weighted by Gasteiger charge is 2.01. The Hall–Kier alpha value is -1.50. The Morgan fingerprint density at radius 2 is 2.00 bits per heavy atom. The molecule has 0 aliphatic carbocycles. The minimum atomic E-state index is 1.02. The van der Waals surface area contributed by atoms with Gasteiger partial charge in [0.25, 0.3) is 0 Å². The first kappa shape index (κ1) is 14.6. The molecule has 0 unspecified atom stereocenters. The lowest BCUT2D eigenvalue weighted by molar-refractivity contribution is 0.694. The van der Waals surface area contributed by atoms with Gasteiger partial charge < -0.3 is 5.32 Å². The zero-order valence-electron chi connectivity index (χ0n) is 11.9. The summed E-state index contributed by atoms with van der Waals surface area (Å²) >= 11 is 0. The second-order valence-corrected chi connectivity index (χ2v) is 4.64. The van der Waals surface area contributed by atoms with Gasteiger partial charge in [-0.1, -0.05) is 51.1 Å². The Kier molecular flexibility index (Phi) is 6.27. The van der Waals surface area contributed by atoms with Crippen LogP contribution in [-0.4, -0.2) is 6.54 Å². The number of aryl methyl sites for hydroxylation is 1. The average Bonchev–Trinajstić information content (AvgIpc) is 2.38. The summed E-state index contributed by atoms with van der Waals surface area (Å²) in [7, 11) is 0. The lowest BCUT2D eigenvalue weighted by atomic mass is 10.0. The SMILES string of the molecule is C=C(/C=C(\CC)NCCCC)c1ccccc1C. The van der Waals surface area contributed by atoms with Gasteiger partial charge in [0, 0.05) is 12.2 Å². The van der Waals surface area contributed by atoms with E-state index in [0.717, 1.165) is 18.5 Å². The van der Waals surface area contributed by atoms with Crippen molar-refractivity contribution in [2.75, 3.05) is 6.54 Å². The van der Waals surface area contributed by atoms with Crippen LogP contribution < -0.4 is 5.32 Å². The van der Waals surface area contributed by atoms with Gasteiger partial charge >= 0.3 is 0 Å². The summed E-state index contributed by atoms with van der Waals surface area (Å²) in [5.41, 5.74) is 4.88. The van der Waals surface area contributed by atoms with E-state index in [9.17, 15) is 0 Å². The summed E-state index contributed by atoms with van der Waals surface area (Å²) in [6.07, 6.45) is 5.64. The molecule has 0 fully saturated rings. The summed E-state index contributed by atoms with van der Waals surface area (Å²) in [5, 5.41) is 3.49. The number of unbranched alkanes of at least 4 members (excludes halogenated alkanes) is 1. The Morgan fingerprint density at radius 1 is 1.28 bits per heavy atom. The third kappa shape index (κ3) is 4.40. The monoisotopic (exact) mass is 243 g/mol. The number of allylic oxidation sites excluding steroid dienone is 3. The van der Waals surface area contributed by atoms with E-state index in [2.05, 4.69) is 63.0 Å². The molecule has 0 atom stereocenters. The van der Waals surface area contributed by atoms with Crippen LogP contribution >= 0.6 is 0 Å². The van der Waals surface area contributed by atoms with Gasteiger partial charge in [-0.2, -0.15) is 0 Å². The van der Waals surface area contributed by atoms with Crippen LogP contribution in [0.2, 0.25) is 0 Å². The quantitative estimate of drug-likeness (QED) is 0.541. The zero-order valence-corrected chi connectivity index (χ0v) is 11.9. The van der Waals surface area contributed by atoms with Crippen LogP contribution in [0.5, 0.6) is 0 Å². The molecule has 0 saturated carbocycles. The molecule has 0 aliphatic rings. The maximum absolute atomic E-state index is 4.19. The molecule has 0 amide bonds. The molecule has 0 spiro atoms. The number of hydrogen-bond donors (Lipinski definition) is 1. The highest BCUT2D eigenvalue weighted by Crippen LogP contribution is 2.19. The van der Waals surface area contributed by atoms with Crippen molar-refractivity contribution < 1.29 is 0 Å². The van der Waals surface area contributed by atoms with Crippen LogP contribution in [0.25, 0.3) is 5.57 Å². The van der Waals surface area contributed by atoms with Crippen LogP contribution in [0, 0.1) is 6.92 Å². The van der Waals surface area contributed by atoms with Gasteiger partial charge in [0.15, 0.2) is 0 Å². The Morgan fingerprint density at radius 3 is 2.61 bits per heavy atom. The lowest BCUT2D eigenvalue weighted by Crippen LogP contribution is -2.14. The van der Waals surface area contributed by atoms with E-state index in [1.807, 2.05) is 0 Å². The molecule has 0 radical (unpaired) electrons. The molecule has 1 aromatic rings. The van der Waals surface area contributed by atoms with Gasteiger partial charge in [-0.25, -0.2) is 0 Å². The highest BCUT2D eigenvalue weighted by molar-refractivity contribution is 5.74. The third-order valence-corrected chi connectivity index (χ3v) is 3.10. The molecule has 0 heterocycles. The molecule has 0 bridgehead atoms. The third-order valence-electron chi connectivity index (χ3n) is 3.10. The number of rotatable bonds is 7. The van der Waals surface area contributed by atoms with E-state index < -0.39 is 0 Å². The van der Waals surface area contributed by atoms with Crippen LogP contribution in [0.15, 0.2) is 42.6 Å². The predicted molar refractivity (Wildman–Crippen MR) is 81.5 cm³/mol. The average molecular weight is 243 g/mol. The van der Waals surface area contributed by atoms with E-state index in [1.54, 1.807) is 0 Å². The lowest BCUT2D eigenvalue weighted by Gasteiger charge is -2.11. The van der Waals surface area contributed by atoms with Crippen molar-refractivity contribution in [2.45, 2.75) is 40.0 Å². The molecule has 0 aromatic heterocycles. The van der Waals surface area contributed by atoms with E-state index in [4.69, 9.17) is 0 Å². The van der Waals surface area contributed by atoms with E-state index in [-0.39, 0.29) is 0 Å². The Bertz CT molecular complexity index is 415. The number of benzene rings is 1. The fourth-order valence-corrected chi connectivity index (χ4v) is 1.93. The molecule has 0 aliphatic heterocycles. The van der Waals surface area contributed by atoms with Gasteiger partial charge in [0.05, 0.1) is 0 Å². The summed E-state index contributed by atoms with van der Waals surface area (Å²) in [6.45, 7) is 11.8. The summed E-state index contributed by atoms with van der Waals surface area (Å²) < 4.78 is 0. The van der Waals surface area contributed by atoms with Crippen molar-refractivity contribution in [1.82, 2.24) is 5.32 Å². The van der Waals surface area contributed by atoms with Crippen molar-refractivity contribution in [3.63, 3.8) is 0 Å². The molecule has 0 saturated heterocycles. The first-order chi connectivity index (χ1) is 8.69. The maximum atomic E-state index is 4.19. The molecule has 1 N–H and O–H groups in total. The van der Waals surface area contributed by atoms with E-state index >= 15 is 0 Å². The fourth-order valence-electron chi connectivity index (χ4n) is 1.93. The highest BCUT2D eigenvalue weighted by atomic mass is 14.9. The minimum Gasteiger partial charge on any atom is -0.388 e. The summed E-state index contributed by atoms with van der Waals surface area (Å²) in [5.74, 6) is 0. The van der Waals surface area contributed by atoms with E-state index in [1.165, 1.54) is 29.7 Å². The first-order valence-corrected chi connectivity index (χ1v) is 6.88. The van der Waals surface area contributed by atoms with Crippen LogP contribution in [0.1, 0.15) is 44.2 Å². The minimum absolute atomic E-state index is 1.02. The molecule has 1 heteroatoms. The fraction of sp³-hybridized carbons (Fsp3) is 0.412. The van der Waals surface area contributed by atoms with E-state index in [0.29, 0.717) is 0 Å². The summed E-state index contributed by atoms with van der Waals surface area (Å²) in [4.78, 5) is 0. The van der Waals surface area contributed by atoms with Gasteiger partial charge in [0.2, 0.25) is 0 Å². The zero-order chi connectivity index (χ0) is 13.4. The molecular weight excluding hydrogens is 218 g/mol. The summed E-state index contributed by atoms with van der Waals surface area (Å²) in [6, 6.07) is 8.39. The Labute approximate surface area is 112 Å². The topological polar surface area (TPSA) is 12.0 Å². The molecule has 1 rings (SSSR count). The number of hydrogen-bond acceptors (Lipinski definition) is 1. The van der Waals surface area contributed by atoms with Gasteiger partial charge in [0.1, 0.15) is 0 Å². The molecule has 98 valence electrons. The van der Waals surface area contributed by atoms with Gasteiger partial charge in [-0.15, -0.1) is 0 Å². The second kappa shape index (κ2) is 7.75. The van der Waals surface area contributed by atoms with Gasteiger partial charge in [-0.05, 0) is 42.5 Å². The molecule has 1 nitrogen and oxygen atoms in total. The predicted octanol–water partition coefficient (Wildman–Crippen LogP) is 4.69. The first-order valence-electron chi connectivity index (χ1n) is 6.88. The maximum Gasteiger partial charge on any atom is 0.0143 e. The van der Waals surface area contributed by atoms with Crippen molar-refractivity contribution in [3.05, 3.63) is 53.7 Å². The molecular formula is C17H25N. The Balaban J connectivity index is 2.73. The van der Waals surface area contributed by atoms with Crippen LogP contribution in [0.4, 0.5) is 0 Å². The normalized spacial score (nSPS) is 11.4. The van der Waals surface area contributed by atoms with Crippen LogP contribution in [0.3, 0.4) is 0 Å². The van der Waals surface area contributed by atoms with Crippen molar-refractivity contribution >= 4 is 5.57 Å². The van der Waals surface area contributed by atoms with Crippen molar-refractivity contribution in [2.24, 2.45) is 0 Å². The molecule has 1 aromatic carbocycles. The standard InChI is InChI=1S/C17H25N/c1-5-7-12-18-16(6-2)13-15(4)17-11-9-8-10-14(17)3/h8-11,13,18H,4-7,12H2,1-3H3/b16-13+. The number of nitrogens with one attached hydrogen (secondary N) is 1. The van der Waals surface area contributed by atoms with Crippen molar-refractivity contribution in [3.8, 4) is 0 Å². The van der Waals surface area contributed by atoms with Gasteiger partial charge in [-0.3, -0.25) is 0 Å². The second-order valence-electron chi connectivity index (χ2n) is 4.64. The van der Waals surface area contributed by atoms with Crippen LogP contribution in [-0.2, 0) is 0 Å².